The number of aryl methyl sites for hydroxylation is 1. The fourth-order valence-electron chi connectivity index (χ4n) is 3.11. The first kappa shape index (κ1) is 26.0. The smallest absolute Gasteiger partial charge is 0.324 e. The Morgan fingerprint density at radius 3 is 2.26 bits per heavy atom. The molecule has 11 heteroatoms. The number of sulfonamides is 1. The molecule has 3 rings (SSSR count). The molecule has 0 unspecified atom stereocenters. The number of alkyl halides is 3. The normalized spacial score (nSPS) is 12.1. The van der Waals surface area contributed by atoms with Crippen molar-refractivity contribution in [2.45, 2.75) is 24.5 Å². The zero-order valence-electron chi connectivity index (χ0n) is 17.7. The lowest BCUT2D eigenvalue weighted by atomic mass is 10.1. The zero-order valence-corrected chi connectivity index (χ0v) is 20.1. The highest BCUT2D eigenvalue weighted by molar-refractivity contribution is 7.89. The predicted molar refractivity (Wildman–Crippen MR) is 125 cm³/mol. The van der Waals surface area contributed by atoms with E-state index in [0.29, 0.717) is 16.7 Å². The third-order valence-corrected chi connectivity index (χ3v) is 7.33. The number of benzene rings is 3. The molecule has 0 atom stereocenters. The van der Waals surface area contributed by atoms with Gasteiger partial charge in [0.15, 0.2) is 0 Å². The van der Waals surface area contributed by atoms with Gasteiger partial charge in [0.05, 0.1) is 27.7 Å². The standard InChI is InChI=1S/C23H19Cl2F3N2O3S/c1-15-4-2-3-5-16(15)13-30(34(32,33)19-9-7-18(24)8-10-19)14-22(31)29-21-12-17(23(26,27)28)6-11-20(21)25/h2-12H,13-14H2,1H3,(H,29,31). The minimum Gasteiger partial charge on any atom is -0.324 e. The van der Waals surface area contributed by atoms with E-state index in [1.54, 1.807) is 31.2 Å². The second kappa shape index (κ2) is 10.4. The Morgan fingerprint density at radius 1 is 1.00 bits per heavy atom. The van der Waals surface area contributed by atoms with Crippen molar-refractivity contribution in [3.63, 3.8) is 0 Å². The van der Waals surface area contributed by atoms with Crippen LogP contribution in [0.1, 0.15) is 16.7 Å². The Hall–Kier alpha value is -2.59. The Labute approximate surface area is 205 Å². The summed E-state index contributed by atoms with van der Waals surface area (Å²) in [6.07, 6.45) is -4.64. The second-order valence-electron chi connectivity index (χ2n) is 7.39. The number of carbonyl (C=O) groups excluding carboxylic acids is 1. The molecule has 0 aliphatic carbocycles. The molecule has 0 fully saturated rings. The molecule has 180 valence electrons. The van der Waals surface area contributed by atoms with Gasteiger partial charge >= 0.3 is 6.18 Å². The summed E-state index contributed by atoms with van der Waals surface area (Å²) in [6, 6.07) is 15.0. The summed E-state index contributed by atoms with van der Waals surface area (Å²) in [6.45, 7) is 0.998. The van der Waals surface area contributed by atoms with Crippen molar-refractivity contribution in [3.8, 4) is 0 Å². The van der Waals surface area contributed by atoms with Crippen LogP contribution in [0.2, 0.25) is 10.0 Å². The summed E-state index contributed by atoms with van der Waals surface area (Å²) in [5, 5.41) is 2.50. The molecule has 0 aliphatic heterocycles. The molecule has 1 amide bonds. The summed E-state index contributed by atoms with van der Waals surface area (Å²) in [4.78, 5) is 12.7. The molecule has 1 N–H and O–H groups in total. The number of halogens is 5. The highest BCUT2D eigenvalue weighted by Gasteiger charge is 2.32. The molecular formula is C23H19Cl2F3N2O3S. The lowest BCUT2D eigenvalue weighted by molar-refractivity contribution is -0.137. The molecule has 0 saturated heterocycles. The molecule has 0 aliphatic rings. The molecule has 5 nitrogen and oxygen atoms in total. The van der Waals surface area contributed by atoms with Gasteiger partial charge in [-0.15, -0.1) is 0 Å². The first-order valence-electron chi connectivity index (χ1n) is 9.85. The van der Waals surface area contributed by atoms with Crippen LogP contribution < -0.4 is 5.32 Å². The van der Waals surface area contributed by atoms with Gasteiger partial charge in [0.25, 0.3) is 0 Å². The third kappa shape index (κ3) is 6.29. The van der Waals surface area contributed by atoms with E-state index in [1.807, 2.05) is 0 Å². The molecule has 0 aromatic heterocycles. The maximum atomic E-state index is 13.3. The van der Waals surface area contributed by atoms with Crippen molar-refractivity contribution in [2.75, 3.05) is 11.9 Å². The van der Waals surface area contributed by atoms with E-state index in [9.17, 15) is 26.4 Å². The van der Waals surface area contributed by atoms with Crippen LogP contribution in [-0.2, 0) is 27.5 Å². The molecule has 3 aromatic carbocycles. The van der Waals surface area contributed by atoms with E-state index in [1.165, 1.54) is 24.3 Å². The number of amides is 1. The Morgan fingerprint density at radius 2 is 1.65 bits per heavy atom. The van der Waals surface area contributed by atoms with Crippen LogP contribution in [0, 0.1) is 6.92 Å². The molecule has 0 radical (unpaired) electrons. The Bertz CT molecular complexity index is 1300. The van der Waals surface area contributed by atoms with Gasteiger partial charge in [-0.2, -0.15) is 17.5 Å². The van der Waals surface area contributed by atoms with Crippen LogP contribution in [0.25, 0.3) is 0 Å². The maximum absolute atomic E-state index is 13.3. The summed E-state index contributed by atoms with van der Waals surface area (Å²) in [7, 11) is -4.16. The molecule has 0 bridgehead atoms. The average molecular weight is 531 g/mol. The van der Waals surface area contributed by atoms with Gasteiger partial charge in [0.2, 0.25) is 15.9 Å². The number of carbonyl (C=O) groups is 1. The lowest BCUT2D eigenvalue weighted by Crippen LogP contribution is -2.37. The Balaban J connectivity index is 1.92. The minimum atomic E-state index is -4.64. The van der Waals surface area contributed by atoms with Crippen LogP contribution in [0.5, 0.6) is 0 Å². The summed E-state index contributed by atoms with van der Waals surface area (Å²) in [5.41, 5.74) is 0.184. The van der Waals surface area contributed by atoms with Crippen LogP contribution in [0.3, 0.4) is 0 Å². The summed E-state index contributed by atoms with van der Waals surface area (Å²) in [5.74, 6) is -0.854. The molecule has 3 aromatic rings. The van der Waals surface area contributed by atoms with Crippen molar-refractivity contribution in [2.24, 2.45) is 0 Å². The summed E-state index contributed by atoms with van der Waals surface area (Å²) >= 11 is 11.8. The number of rotatable bonds is 7. The van der Waals surface area contributed by atoms with E-state index in [0.717, 1.165) is 22.0 Å². The van der Waals surface area contributed by atoms with Gasteiger partial charge < -0.3 is 5.32 Å². The average Bonchev–Trinajstić information content (AvgIpc) is 2.75. The van der Waals surface area contributed by atoms with Gasteiger partial charge in [0.1, 0.15) is 0 Å². The van der Waals surface area contributed by atoms with E-state index in [-0.39, 0.29) is 22.2 Å². The van der Waals surface area contributed by atoms with Crippen LogP contribution in [-0.4, -0.2) is 25.2 Å². The van der Waals surface area contributed by atoms with Gasteiger partial charge in [0, 0.05) is 11.6 Å². The molecule has 34 heavy (non-hydrogen) atoms. The fraction of sp³-hybridized carbons (Fsp3) is 0.174. The van der Waals surface area contributed by atoms with Gasteiger partial charge in [-0.05, 0) is 60.5 Å². The number of hydrogen-bond acceptors (Lipinski definition) is 3. The van der Waals surface area contributed by atoms with Crippen LogP contribution >= 0.6 is 23.2 Å². The second-order valence-corrected chi connectivity index (χ2v) is 10.2. The topological polar surface area (TPSA) is 66.5 Å². The van der Waals surface area contributed by atoms with Crippen molar-refractivity contribution in [3.05, 3.63) is 93.5 Å². The molecule has 0 spiro atoms. The third-order valence-electron chi connectivity index (χ3n) is 4.95. The molecule has 0 heterocycles. The van der Waals surface area contributed by atoms with E-state index >= 15 is 0 Å². The Kier molecular flexibility index (Phi) is 7.92. The van der Waals surface area contributed by atoms with E-state index in [4.69, 9.17) is 23.2 Å². The van der Waals surface area contributed by atoms with Crippen LogP contribution in [0.15, 0.2) is 71.6 Å². The van der Waals surface area contributed by atoms with Gasteiger partial charge in [-0.1, -0.05) is 47.5 Å². The number of nitrogens with one attached hydrogen (secondary N) is 1. The van der Waals surface area contributed by atoms with Crippen molar-refractivity contribution in [1.29, 1.82) is 0 Å². The lowest BCUT2D eigenvalue weighted by Gasteiger charge is -2.23. The van der Waals surface area contributed by atoms with Crippen molar-refractivity contribution >= 4 is 44.8 Å². The zero-order chi connectivity index (χ0) is 25.1. The quantitative estimate of drug-likeness (QED) is 0.398. The van der Waals surface area contributed by atoms with E-state index < -0.39 is 34.2 Å². The fourth-order valence-corrected chi connectivity index (χ4v) is 4.77. The van der Waals surface area contributed by atoms with Crippen molar-refractivity contribution in [1.82, 2.24) is 4.31 Å². The SMILES string of the molecule is Cc1ccccc1CN(CC(=O)Nc1cc(C(F)(F)F)ccc1Cl)S(=O)(=O)c1ccc(Cl)cc1. The number of anilines is 1. The maximum Gasteiger partial charge on any atom is 0.416 e. The molecule has 0 saturated carbocycles. The predicted octanol–water partition coefficient (Wildman–Crippen LogP) is 6.15. The minimum absolute atomic E-state index is 0.0876. The first-order valence-corrected chi connectivity index (χ1v) is 12.0. The first-order chi connectivity index (χ1) is 15.9. The summed E-state index contributed by atoms with van der Waals surface area (Å²) < 4.78 is 66.7. The number of hydrogen-bond donors (Lipinski definition) is 1. The monoisotopic (exact) mass is 530 g/mol. The van der Waals surface area contributed by atoms with Crippen molar-refractivity contribution < 1.29 is 26.4 Å². The van der Waals surface area contributed by atoms with Gasteiger partial charge in [-0.25, -0.2) is 8.42 Å². The number of nitrogens with zero attached hydrogens (tertiary/aromatic N) is 1. The highest BCUT2D eigenvalue weighted by Crippen LogP contribution is 2.34. The van der Waals surface area contributed by atoms with E-state index in [2.05, 4.69) is 5.32 Å². The highest BCUT2D eigenvalue weighted by atomic mass is 35.5. The van der Waals surface area contributed by atoms with Gasteiger partial charge in [-0.3, -0.25) is 4.79 Å². The van der Waals surface area contributed by atoms with Crippen LogP contribution in [0.4, 0.5) is 18.9 Å². The molecular weight excluding hydrogens is 512 g/mol. The largest absolute Gasteiger partial charge is 0.416 e.